The Morgan fingerprint density at radius 2 is 1.06 bits per heavy atom. The van der Waals surface area contributed by atoms with Crippen molar-refractivity contribution in [2.45, 2.75) is 39.5 Å². The van der Waals surface area contributed by atoms with Crippen LogP contribution in [0.2, 0.25) is 0 Å². The van der Waals surface area contributed by atoms with Gasteiger partial charge in [0.25, 0.3) is 0 Å². The van der Waals surface area contributed by atoms with E-state index >= 15 is 0 Å². The molecule has 0 aromatic rings. The molecule has 0 spiro atoms. The van der Waals surface area contributed by atoms with Crippen LogP contribution in [0.1, 0.15) is 39.5 Å². The van der Waals surface area contributed by atoms with E-state index in [0.29, 0.717) is 25.7 Å². The Hall–Kier alpha value is 0.680. The van der Waals surface area contributed by atoms with E-state index in [1.165, 1.54) is 0 Å². The van der Waals surface area contributed by atoms with Gasteiger partial charge in [-0.2, -0.15) is 0 Å². The molecular formula is C10H16Na2O4. The van der Waals surface area contributed by atoms with E-state index in [1.807, 2.05) is 13.8 Å². The predicted molar refractivity (Wildman–Crippen MR) is 63.6 cm³/mol. The average Bonchev–Trinajstić information content (AvgIpc) is 2.10. The molecule has 6 heteroatoms. The first kappa shape index (κ1) is 21.9. The van der Waals surface area contributed by atoms with Crippen LogP contribution in [-0.2, 0) is 9.59 Å². The molecule has 0 aliphatic carbocycles. The molecule has 0 saturated carbocycles. The van der Waals surface area contributed by atoms with Crippen LogP contribution < -0.4 is 0 Å². The van der Waals surface area contributed by atoms with Gasteiger partial charge in [-0.15, -0.1) is 0 Å². The quantitative estimate of drug-likeness (QED) is 0.547. The van der Waals surface area contributed by atoms with Crippen molar-refractivity contribution in [1.29, 1.82) is 0 Å². The standard InChI is InChI=1S/C10H16O4.2Na/c1-3-5-7(9(11)12)8(6-4-2)10(13)14;;/h3-6H2,1-2H3,(H,11,12)(H,13,14);;. The molecule has 0 rings (SSSR count). The molecule has 2 N–H and O–H groups in total. The fourth-order valence-corrected chi connectivity index (χ4v) is 1.27. The Morgan fingerprint density at radius 3 is 1.19 bits per heavy atom. The number of carboxylic acids is 2. The Balaban J connectivity index is -0.000000845. The van der Waals surface area contributed by atoms with Crippen molar-refractivity contribution in [2.75, 3.05) is 0 Å². The Labute approximate surface area is 140 Å². The predicted octanol–water partition coefficient (Wildman–Crippen LogP) is 1.29. The van der Waals surface area contributed by atoms with Crippen LogP contribution in [0.4, 0.5) is 0 Å². The molecule has 0 fully saturated rings. The van der Waals surface area contributed by atoms with Gasteiger partial charge in [0.05, 0.1) is 0 Å². The number of rotatable bonds is 6. The molecule has 2 radical (unpaired) electrons. The molecule has 16 heavy (non-hydrogen) atoms. The Kier molecular flexibility index (Phi) is 16.6. The molecule has 0 aromatic carbocycles. The summed E-state index contributed by atoms with van der Waals surface area (Å²) in [5, 5.41) is 17.7. The minimum absolute atomic E-state index is 0. The molecule has 0 atom stereocenters. The van der Waals surface area contributed by atoms with Gasteiger partial charge in [0, 0.05) is 70.3 Å². The van der Waals surface area contributed by atoms with Crippen LogP contribution in [0, 0.1) is 0 Å². The van der Waals surface area contributed by atoms with Gasteiger partial charge in [-0.1, -0.05) is 26.7 Å². The maximum atomic E-state index is 10.8. The van der Waals surface area contributed by atoms with Crippen molar-refractivity contribution >= 4 is 71.1 Å². The second-order valence-electron chi connectivity index (χ2n) is 3.07. The molecule has 0 amide bonds. The number of carbonyl (C=O) groups is 2. The normalized spacial score (nSPS) is 10.6. The van der Waals surface area contributed by atoms with Crippen LogP contribution in [0.5, 0.6) is 0 Å². The molecule has 4 nitrogen and oxygen atoms in total. The van der Waals surface area contributed by atoms with E-state index in [1.54, 1.807) is 0 Å². The number of hydrogen-bond acceptors (Lipinski definition) is 2. The van der Waals surface area contributed by atoms with E-state index < -0.39 is 11.9 Å². The van der Waals surface area contributed by atoms with Gasteiger partial charge in [0.2, 0.25) is 0 Å². The minimum Gasteiger partial charge on any atom is -0.478 e. The summed E-state index contributed by atoms with van der Waals surface area (Å²) in [5.74, 6) is -2.23. The zero-order chi connectivity index (χ0) is 11.1. The van der Waals surface area contributed by atoms with Gasteiger partial charge in [0.15, 0.2) is 0 Å². The third-order valence-electron chi connectivity index (χ3n) is 1.88. The largest absolute Gasteiger partial charge is 0.478 e. The summed E-state index contributed by atoms with van der Waals surface area (Å²) in [5.41, 5.74) is 0.0868. The van der Waals surface area contributed by atoms with E-state index in [4.69, 9.17) is 10.2 Å². The zero-order valence-electron chi connectivity index (χ0n) is 10.5. The van der Waals surface area contributed by atoms with Crippen molar-refractivity contribution in [3.63, 3.8) is 0 Å². The third-order valence-corrected chi connectivity index (χ3v) is 1.88. The summed E-state index contributed by atoms with van der Waals surface area (Å²) < 4.78 is 0. The van der Waals surface area contributed by atoms with Crippen LogP contribution in [0.3, 0.4) is 0 Å². The summed E-state index contributed by atoms with van der Waals surface area (Å²) in [4.78, 5) is 21.6. The summed E-state index contributed by atoms with van der Waals surface area (Å²) in [6, 6.07) is 0. The van der Waals surface area contributed by atoms with Gasteiger partial charge >= 0.3 is 11.9 Å². The first-order valence-electron chi connectivity index (χ1n) is 4.73. The first-order valence-corrected chi connectivity index (χ1v) is 4.73. The molecular weight excluding hydrogens is 230 g/mol. The van der Waals surface area contributed by atoms with Crippen LogP contribution >= 0.6 is 0 Å². The smallest absolute Gasteiger partial charge is 0.332 e. The molecule has 82 valence electrons. The van der Waals surface area contributed by atoms with Gasteiger partial charge < -0.3 is 10.2 Å². The molecule has 0 aliphatic heterocycles. The topological polar surface area (TPSA) is 74.6 Å². The van der Waals surface area contributed by atoms with Crippen LogP contribution in [0.15, 0.2) is 11.1 Å². The summed E-state index contributed by atoms with van der Waals surface area (Å²) in [7, 11) is 0. The molecule has 0 unspecified atom stereocenters. The van der Waals surface area contributed by atoms with E-state index in [-0.39, 0.29) is 70.3 Å². The fourth-order valence-electron chi connectivity index (χ4n) is 1.27. The summed E-state index contributed by atoms with van der Waals surface area (Å²) in [6.45, 7) is 3.66. The van der Waals surface area contributed by atoms with Gasteiger partial charge in [-0.3, -0.25) is 0 Å². The summed E-state index contributed by atoms with van der Waals surface area (Å²) in [6.07, 6.45) is 1.91. The third kappa shape index (κ3) is 7.87. The number of aliphatic carboxylic acids is 2. The molecule has 0 heterocycles. The van der Waals surface area contributed by atoms with Crippen LogP contribution in [-0.4, -0.2) is 81.3 Å². The fraction of sp³-hybridized carbons (Fsp3) is 0.600. The second-order valence-corrected chi connectivity index (χ2v) is 3.07. The SMILES string of the molecule is CCCC(C(=O)O)=C(CCC)C(=O)O.[Na].[Na]. The maximum Gasteiger partial charge on any atom is 0.332 e. The van der Waals surface area contributed by atoms with Gasteiger partial charge in [-0.25, -0.2) is 9.59 Å². The number of carboxylic acid groups (broad SMARTS) is 2. The molecule has 0 aliphatic rings. The zero-order valence-corrected chi connectivity index (χ0v) is 14.5. The first-order chi connectivity index (χ1) is 6.54. The van der Waals surface area contributed by atoms with E-state index in [0.717, 1.165) is 0 Å². The number of hydrogen-bond donors (Lipinski definition) is 2. The molecule has 0 bridgehead atoms. The van der Waals surface area contributed by atoms with E-state index in [2.05, 4.69) is 0 Å². The Bertz CT molecular complexity index is 236. The van der Waals surface area contributed by atoms with Crippen molar-refractivity contribution in [1.82, 2.24) is 0 Å². The second kappa shape index (κ2) is 12.1. The molecule has 0 aromatic heterocycles. The van der Waals surface area contributed by atoms with Gasteiger partial charge in [-0.05, 0) is 12.8 Å². The van der Waals surface area contributed by atoms with Crippen molar-refractivity contribution < 1.29 is 19.8 Å². The van der Waals surface area contributed by atoms with Crippen LogP contribution in [0.25, 0.3) is 0 Å². The maximum absolute atomic E-state index is 10.8. The van der Waals surface area contributed by atoms with E-state index in [9.17, 15) is 9.59 Å². The van der Waals surface area contributed by atoms with Crippen molar-refractivity contribution in [3.05, 3.63) is 11.1 Å². The summed E-state index contributed by atoms with van der Waals surface area (Å²) >= 11 is 0. The van der Waals surface area contributed by atoms with Crippen molar-refractivity contribution in [2.24, 2.45) is 0 Å². The minimum atomic E-state index is -1.11. The van der Waals surface area contributed by atoms with Gasteiger partial charge in [0.1, 0.15) is 0 Å². The molecule has 0 saturated heterocycles. The van der Waals surface area contributed by atoms with Crippen molar-refractivity contribution in [3.8, 4) is 0 Å². The monoisotopic (exact) mass is 246 g/mol. The Morgan fingerprint density at radius 1 is 0.812 bits per heavy atom. The average molecular weight is 246 g/mol.